The number of primary amides is 2. The summed E-state index contributed by atoms with van der Waals surface area (Å²) in [4.78, 5) is 257. The number of aliphatic hydroxyl groups excluding tert-OH is 2. The Kier molecular flexibility index (Phi) is 40.0. The molecule has 13 unspecified atom stereocenters. The number of para-hydroxylation sites is 2. The first-order valence-corrected chi connectivity index (χ1v) is 44.0. The molecule has 0 spiro atoms. The van der Waals surface area contributed by atoms with E-state index in [4.69, 9.17) is 22.6 Å². The zero-order chi connectivity index (χ0) is 94.2. The number of nitrogens with two attached hydrogens (primary N) is 3. The Bertz CT molecular complexity index is 4760. The van der Waals surface area contributed by atoms with Crippen molar-refractivity contribution in [3.8, 4) is 0 Å². The molecule has 13 atom stereocenters. The molecule has 0 aliphatic carbocycles. The van der Waals surface area contributed by atoms with Crippen LogP contribution in [0.15, 0.2) is 91.3 Å². The minimum Gasteiger partial charge on any atom is -0.394 e. The van der Waals surface area contributed by atoms with E-state index < -0.39 is 229 Å². The van der Waals surface area contributed by atoms with Gasteiger partial charge in [0.2, 0.25) is 100 Å². The van der Waals surface area contributed by atoms with E-state index in [0.717, 1.165) is 36.3 Å². The normalized spacial score (nSPS) is 23.9. The number of benzene rings is 3. The maximum absolute atomic E-state index is 15.6. The second-order valence-electron chi connectivity index (χ2n) is 32.6. The molecule has 22 N–H and O–H groups in total. The van der Waals surface area contributed by atoms with Crippen LogP contribution in [0.2, 0.25) is 0 Å². The van der Waals surface area contributed by atoms with Crippen LogP contribution in [0.1, 0.15) is 128 Å². The number of aromatic amines is 2. The van der Waals surface area contributed by atoms with Crippen LogP contribution in [0.25, 0.3) is 21.8 Å². The largest absolute Gasteiger partial charge is 0.394 e. The van der Waals surface area contributed by atoms with Gasteiger partial charge in [0.1, 0.15) is 78.5 Å². The zero-order valence-electron chi connectivity index (χ0n) is 73.7. The lowest BCUT2D eigenvalue weighted by Gasteiger charge is -2.36. The minimum absolute atomic E-state index is 0.000205. The summed E-state index contributed by atoms with van der Waals surface area (Å²) in [6.07, 6.45) is 3.36. The highest BCUT2D eigenvalue weighted by Gasteiger charge is 2.44. The van der Waals surface area contributed by atoms with E-state index in [-0.39, 0.29) is 83.2 Å². The first-order valence-electron chi connectivity index (χ1n) is 42.8. The number of nitrogens with zero attached hydrogens (tertiary/aromatic N) is 5. The van der Waals surface area contributed by atoms with Gasteiger partial charge in [-0.1, -0.05) is 120 Å². The number of hydrogen-bond donors (Lipinski definition) is 19. The number of unbranched alkanes of at least 4 members (excludes halogenated alkanes) is 2. The fraction of sp³-hybridized carbons (Fsp3) is 0.535. The van der Waals surface area contributed by atoms with E-state index in [9.17, 15) is 72.5 Å². The summed E-state index contributed by atoms with van der Waals surface area (Å²) in [5, 5.41) is 59.4. The average molecular weight is 1800 g/mol. The molecule has 2 aliphatic heterocycles. The Morgan fingerprint density at radius 2 is 1.02 bits per heavy atom. The second-order valence-corrected chi connectivity index (χ2v) is 33.6. The maximum atomic E-state index is 15.6. The summed E-state index contributed by atoms with van der Waals surface area (Å²) in [6.45, 7) is 4.71. The molecule has 5 aromatic rings. The molecule has 698 valence electrons. The van der Waals surface area contributed by atoms with Gasteiger partial charge in [-0.25, -0.2) is 0 Å². The molecule has 42 heteroatoms. The van der Waals surface area contributed by atoms with Gasteiger partial charge in [0.25, 0.3) is 0 Å². The van der Waals surface area contributed by atoms with Crippen LogP contribution in [0.5, 0.6) is 0 Å². The lowest BCUT2D eigenvalue weighted by atomic mass is 10.00. The maximum Gasteiger partial charge on any atom is 0.246 e. The van der Waals surface area contributed by atoms with Crippen molar-refractivity contribution in [3.05, 3.63) is 108 Å². The standard InChI is InChI=1S/C86H124N22O19S/c1-10-12-30-66-79(121)97-57(29-21-33-91-86(89)90)75(117)103-65(74(116)94-42-70(88)112)46-128-47-72(114)96-60(36-50-23-15-14-16-24-50)82(124)105(7)49(5)73(115)98-62(39-69(87)111)84(126)108-34-22-32-67(108)80(122)102-64(45-110)78(120)99-59(35-48(3)4)81(123)104(6)43-71(113)95-58(37-51-40-92-55-27-19-17-25-53(51)55)76(118)101-63(44-109)77(119)100-61(38-52-41-93-56-28-20-18-26-54(52)56)83(125)107(9)68(31-13-11-2)85(127)106(66)8/h14-20,23-28,40-41,48-49,57-68,92-93,109-110H,10-13,21-22,29-39,42-47H2,1-9H3,(H2,87,111)(H2,88,112)(H,94,116)(H,95,113)(H,96,114)(H,97,121)(H,98,115)(H,99,120)(H,100,119)(H,101,118)(H,102,122)(H,103,117)(H4,89,90,91). The third kappa shape index (κ3) is 29.7. The summed E-state index contributed by atoms with van der Waals surface area (Å²) in [5.74, 6) is -17.6. The van der Waals surface area contributed by atoms with E-state index in [1.807, 2.05) is 13.8 Å². The van der Waals surface area contributed by atoms with Crippen molar-refractivity contribution in [1.29, 1.82) is 5.41 Å². The topological polar surface area (TPSA) is 613 Å². The van der Waals surface area contributed by atoms with Crippen LogP contribution in [0.3, 0.4) is 0 Å². The van der Waals surface area contributed by atoms with Gasteiger partial charge < -0.3 is 120 Å². The van der Waals surface area contributed by atoms with E-state index in [2.05, 4.69) is 68.5 Å². The summed E-state index contributed by atoms with van der Waals surface area (Å²) >= 11 is 0.788. The molecule has 2 saturated heterocycles. The molecule has 0 bridgehead atoms. The number of aliphatic hydroxyl groups is 2. The fourth-order valence-electron chi connectivity index (χ4n) is 15.2. The van der Waals surface area contributed by atoms with Crippen molar-refractivity contribution in [2.75, 3.05) is 79.1 Å². The Hall–Kier alpha value is -12.7. The lowest BCUT2D eigenvalue weighted by molar-refractivity contribution is -0.149. The molecule has 3 aromatic carbocycles. The minimum atomic E-state index is -1.85. The van der Waals surface area contributed by atoms with Gasteiger partial charge in [-0.2, -0.15) is 0 Å². The summed E-state index contributed by atoms with van der Waals surface area (Å²) in [5.41, 5.74) is 19.6. The number of fused-ring (bicyclic) bond motifs is 3. The SMILES string of the molecule is CCCCC1C(=O)N(C)C(CCCC)C(=O)NC(CCCNC(=N)N)C(=O)NC(C(=O)NCC(N)=O)CSCC(=O)NC(Cc2ccccc2)C(=O)N(C)C(C)C(=O)NC(CC(N)=O)C(=O)N2CCCC2C(=O)NC(CO)C(=O)NC(CC(C)C)C(=O)N(C)CC(=O)NC(Cc2c[nH]c3ccccc23)C(=O)NC(CO)C(=O)NC(Cc2c[nH]c3ccccc23)C(=O)N1C. The number of nitrogens with one attached hydrogen (secondary N) is 14. The number of amides is 17. The number of hydrogen-bond acceptors (Lipinski definition) is 21. The molecule has 2 aromatic heterocycles. The van der Waals surface area contributed by atoms with Crippen LogP contribution < -0.4 is 75.7 Å². The number of carbonyl (C=O) groups is 17. The molecule has 2 aliphatic rings. The lowest BCUT2D eigenvalue weighted by Crippen LogP contribution is -2.61. The van der Waals surface area contributed by atoms with Gasteiger partial charge in [-0.3, -0.25) is 86.9 Å². The number of guanidine groups is 1. The molecule has 4 heterocycles. The highest BCUT2D eigenvalue weighted by molar-refractivity contribution is 8.00. The zero-order valence-corrected chi connectivity index (χ0v) is 74.5. The number of aromatic nitrogens is 2. The number of carbonyl (C=O) groups excluding carboxylic acids is 17. The molecule has 41 nitrogen and oxygen atoms in total. The van der Waals surface area contributed by atoms with Crippen LogP contribution >= 0.6 is 11.8 Å². The fourth-order valence-corrected chi connectivity index (χ4v) is 16.0. The van der Waals surface area contributed by atoms with Gasteiger partial charge in [0, 0.05) is 100 Å². The molecule has 2 fully saturated rings. The third-order valence-electron chi connectivity index (χ3n) is 22.3. The van der Waals surface area contributed by atoms with Crippen LogP contribution in [-0.2, 0) is 101 Å². The van der Waals surface area contributed by atoms with Gasteiger partial charge in [-0.05, 0) is 86.6 Å². The first-order chi connectivity index (χ1) is 60.9. The predicted octanol–water partition coefficient (Wildman–Crippen LogP) is -3.11. The number of likely N-dealkylation sites (N-methyl/N-ethyl adjacent to an activating group) is 4. The Labute approximate surface area is 746 Å². The highest BCUT2D eigenvalue weighted by atomic mass is 32.2. The average Bonchev–Trinajstić information content (AvgIpc) is 1.51. The van der Waals surface area contributed by atoms with E-state index in [1.165, 1.54) is 35.1 Å². The van der Waals surface area contributed by atoms with Crippen molar-refractivity contribution >= 4 is 140 Å². The molecule has 17 amide bonds. The quantitative estimate of drug-likeness (QED) is 0.0156. The first kappa shape index (κ1) is 102. The Morgan fingerprint density at radius 1 is 0.516 bits per heavy atom. The molecule has 0 saturated carbocycles. The number of rotatable bonds is 25. The third-order valence-corrected chi connectivity index (χ3v) is 23.4. The monoisotopic (exact) mass is 1800 g/mol. The molecule has 128 heavy (non-hydrogen) atoms. The smallest absolute Gasteiger partial charge is 0.246 e. The van der Waals surface area contributed by atoms with Crippen LogP contribution in [0, 0.1) is 11.3 Å². The number of thioether (sulfide) groups is 1. The van der Waals surface area contributed by atoms with E-state index >= 15 is 19.2 Å². The second kappa shape index (κ2) is 50.0. The van der Waals surface area contributed by atoms with Crippen molar-refractivity contribution < 1.29 is 91.7 Å². The van der Waals surface area contributed by atoms with Gasteiger partial charge in [-0.15, -0.1) is 11.8 Å². The van der Waals surface area contributed by atoms with Crippen molar-refractivity contribution in [1.82, 2.24) is 93.0 Å². The molecular formula is C86H124N22O19S. The molecule has 7 rings (SSSR count). The summed E-state index contributed by atoms with van der Waals surface area (Å²) in [7, 11) is 5.18. The Morgan fingerprint density at radius 3 is 1.60 bits per heavy atom. The summed E-state index contributed by atoms with van der Waals surface area (Å²) in [6, 6.07) is 2.38. The van der Waals surface area contributed by atoms with Gasteiger partial charge in [0.15, 0.2) is 5.96 Å². The van der Waals surface area contributed by atoms with Crippen LogP contribution in [-0.4, -0.2) is 309 Å². The highest BCUT2D eigenvalue weighted by Crippen LogP contribution is 2.26. The van der Waals surface area contributed by atoms with Crippen LogP contribution in [0.4, 0.5) is 0 Å². The van der Waals surface area contributed by atoms with Crippen molar-refractivity contribution in [2.24, 2.45) is 23.1 Å². The predicted molar refractivity (Wildman–Crippen MR) is 474 cm³/mol. The van der Waals surface area contributed by atoms with Gasteiger partial charge >= 0.3 is 0 Å². The Balaban J connectivity index is 1.29. The molecule has 0 radical (unpaired) electrons. The summed E-state index contributed by atoms with van der Waals surface area (Å²) < 4.78 is 0. The van der Waals surface area contributed by atoms with E-state index in [0.29, 0.717) is 64.2 Å². The van der Waals surface area contributed by atoms with E-state index in [1.54, 1.807) is 105 Å². The van der Waals surface area contributed by atoms with Crippen molar-refractivity contribution in [3.63, 3.8) is 0 Å². The van der Waals surface area contributed by atoms with Crippen molar-refractivity contribution in [2.45, 2.75) is 209 Å². The molecular weight excluding hydrogens is 1680 g/mol. The number of H-pyrrole nitrogens is 2. The van der Waals surface area contributed by atoms with Gasteiger partial charge in [0.05, 0.1) is 38.5 Å².